The number of anilines is 2. The Kier molecular flexibility index (Phi) is 7.93. The maximum absolute atomic E-state index is 13.2. The van der Waals surface area contributed by atoms with Gasteiger partial charge in [0.15, 0.2) is 6.61 Å². The number of ether oxygens (including phenoxy) is 1. The second-order valence-corrected chi connectivity index (χ2v) is 7.49. The molecule has 0 spiro atoms. The first kappa shape index (κ1) is 23.0. The van der Waals surface area contributed by atoms with Crippen LogP contribution in [0, 0.1) is 11.6 Å². The fraction of sp³-hybridized carbons (Fsp3) is 0.0870. The molecule has 32 heavy (non-hydrogen) atoms. The van der Waals surface area contributed by atoms with Crippen molar-refractivity contribution in [1.82, 2.24) is 0 Å². The molecule has 9 heteroatoms. The van der Waals surface area contributed by atoms with Gasteiger partial charge in [0, 0.05) is 16.3 Å². The van der Waals surface area contributed by atoms with Gasteiger partial charge in [-0.1, -0.05) is 18.2 Å². The highest BCUT2D eigenvalue weighted by atomic mass is 32.2. The average molecular weight is 456 g/mol. The number of hydrogen-bond acceptors (Lipinski definition) is 5. The van der Waals surface area contributed by atoms with Crippen molar-refractivity contribution in [2.24, 2.45) is 0 Å². The second-order valence-electron chi connectivity index (χ2n) is 6.47. The fourth-order valence-electron chi connectivity index (χ4n) is 2.61. The molecule has 164 valence electrons. The summed E-state index contributed by atoms with van der Waals surface area (Å²) < 4.78 is 31.2. The van der Waals surface area contributed by atoms with Gasteiger partial charge in [-0.25, -0.2) is 13.6 Å². The van der Waals surface area contributed by atoms with Crippen LogP contribution in [0.1, 0.15) is 10.4 Å². The predicted octanol–water partition coefficient (Wildman–Crippen LogP) is 4.49. The molecule has 0 aliphatic carbocycles. The maximum atomic E-state index is 13.2. The maximum Gasteiger partial charge on any atom is 0.339 e. The van der Waals surface area contributed by atoms with E-state index in [4.69, 9.17) is 4.74 Å². The summed E-state index contributed by atoms with van der Waals surface area (Å²) in [5.41, 5.74) is 0.897. The van der Waals surface area contributed by atoms with E-state index < -0.39 is 30.1 Å². The molecular weight excluding hydrogens is 438 g/mol. The normalized spacial score (nSPS) is 10.3. The molecule has 0 atom stereocenters. The van der Waals surface area contributed by atoms with Gasteiger partial charge >= 0.3 is 5.97 Å². The smallest absolute Gasteiger partial charge is 0.339 e. The Labute approximate surface area is 187 Å². The third-order valence-electron chi connectivity index (χ3n) is 4.04. The molecular formula is C23H18F2N2O4S. The highest BCUT2D eigenvalue weighted by Gasteiger charge is 2.16. The lowest BCUT2D eigenvalue weighted by Crippen LogP contribution is -2.21. The lowest BCUT2D eigenvalue weighted by Gasteiger charge is -2.10. The third-order valence-corrected chi connectivity index (χ3v) is 5.11. The molecule has 0 saturated heterocycles. The zero-order chi connectivity index (χ0) is 22.9. The fourth-order valence-corrected chi connectivity index (χ4v) is 3.45. The van der Waals surface area contributed by atoms with Crippen molar-refractivity contribution in [3.63, 3.8) is 0 Å². The number of benzene rings is 3. The van der Waals surface area contributed by atoms with Crippen molar-refractivity contribution in [3.8, 4) is 0 Å². The summed E-state index contributed by atoms with van der Waals surface area (Å²) in [7, 11) is 0. The molecule has 2 N–H and O–H groups in total. The van der Waals surface area contributed by atoms with Gasteiger partial charge in [0.1, 0.15) is 11.6 Å². The standard InChI is InChI=1S/C23H18F2N2O4S/c24-15-8-10-17(11-9-15)26-22(29)14-32-20-7-2-1-6-19(20)23(30)31-13-21(28)27-18-5-3-4-16(25)12-18/h1-12H,13-14H2,(H,26,29)(H,27,28). The molecule has 0 aromatic heterocycles. The summed E-state index contributed by atoms with van der Waals surface area (Å²) in [6.07, 6.45) is 0. The average Bonchev–Trinajstić information content (AvgIpc) is 2.78. The van der Waals surface area contributed by atoms with E-state index in [1.54, 1.807) is 18.2 Å². The van der Waals surface area contributed by atoms with Crippen molar-refractivity contribution in [3.05, 3.63) is 90.0 Å². The van der Waals surface area contributed by atoms with Crippen LogP contribution in [0.25, 0.3) is 0 Å². The number of hydrogen-bond donors (Lipinski definition) is 2. The predicted molar refractivity (Wildman–Crippen MR) is 118 cm³/mol. The molecule has 0 heterocycles. The largest absolute Gasteiger partial charge is 0.452 e. The van der Waals surface area contributed by atoms with Gasteiger partial charge in [0.25, 0.3) is 5.91 Å². The highest BCUT2D eigenvalue weighted by Crippen LogP contribution is 2.24. The molecule has 0 aliphatic rings. The van der Waals surface area contributed by atoms with E-state index in [-0.39, 0.29) is 22.9 Å². The monoisotopic (exact) mass is 456 g/mol. The zero-order valence-electron chi connectivity index (χ0n) is 16.6. The van der Waals surface area contributed by atoms with E-state index in [2.05, 4.69) is 10.6 Å². The van der Waals surface area contributed by atoms with E-state index >= 15 is 0 Å². The molecule has 0 radical (unpaired) electrons. The highest BCUT2D eigenvalue weighted by molar-refractivity contribution is 8.00. The van der Waals surface area contributed by atoms with Gasteiger partial charge in [0.05, 0.1) is 11.3 Å². The lowest BCUT2D eigenvalue weighted by atomic mass is 10.2. The van der Waals surface area contributed by atoms with E-state index in [0.29, 0.717) is 10.6 Å². The van der Waals surface area contributed by atoms with Crippen LogP contribution in [-0.2, 0) is 14.3 Å². The molecule has 6 nitrogen and oxygen atoms in total. The Hall–Kier alpha value is -3.72. The van der Waals surface area contributed by atoms with Crippen molar-refractivity contribution >= 4 is 40.9 Å². The number of nitrogens with one attached hydrogen (secondary N) is 2. The summed E-state index contributed by atoms with van der Waals surface area (Å²) in [4.78, 5) is 37.0. The van der Waals surface area contributed by atoms with Gasteiger partial charge < -0.3 is 15.4 Å². The number of carbonyl (C=O) groups is 3. The molecule has 0 bridgehead atoms. The van der Waals surface area contributed by atoms with Gasteiger partial charge in [-0.05, 0) is 54.6 Å². The van der Waals surface area contributed by atoms with Crippen LogP contribution in [0.2, 0.25) is 0 Å². The van der Waals surface area contributed by atoms with Crippen molar-refractivity contribution in [2.45, 2.75) is 4.90 Å². The molecule has 0 unspecified atom stereocenters. The minimum atomic E-state index is -0.735. The molecule has 0 saturated carbocycles. The first-order valence-electron chi connectivity index (χ1n) is 9.40. The lowest BCUT2D eigenvalue weighted by molar-refractivity contribution is -0.119. The van der Waals surface area contributed by atoms with Crippen molar-refractivity contribution in [2.75, 3.05) is 23.0 Å². The minimum absolute atomic E-state index is 0.00171. The van der Waals surface area contributed by atoms with E-state index in [9.17, 15) is 23.2 Å². The SMILES string of the molecule is O=C(COC(=O)c1ccccc1SCC(=O)Nc1ccc(F)cc1)Nc1cccc(F)c1. The summed E-state index contributed by atoms with van der Waals surface area (Å²) in [5, 5.41) is 5.07. The molecule has 3 aromatic rings. The van der Waals surface area contributed by atoms with Gasteiger partial charge in [-0.2, -0.15) is 0 Å². The molecule has 3 aromatic carbocycles. The van der Waals surface area contributed by atoms with Crippen molar-refractivity contribution < 1.29 is 27.9 Å². The van der Waals surface area contributed by atoms with E-state index in [1.807, 2.05) is 0 Å². The second kappa shape index (κ2) is 11.1. The zero-order valence-corrected chi connectivity index (χ0v) is 17.5. The molecule has 0 aliphatic heterocycles. The Morgan fingerprint density at radius 3 is 2.25 bits per heavy atom. The number of esters is 1. The molecule has 2 amide bonds. The van der Waals surface area contributed by atoms with Crippen LogP contribution in [0.4, 0.5) is 20.2 Å². The van der Waals surface area contributed by atoms with Crippen LogP contribution in [0.3, 0.4) is 0 Å². The Morgan fingerprint density at radius 2 is 1.50 bits per heavy atom. The van der Waals surface area contributed by atoms with Gasteiger partial charge in [-0.3, -0.25) is 9.59 Å². The number of halogens is 2. The minimum Gasteiger partial charge on any atom is -0.452 e. The number of rotatable bonds is 8. The van der Waals surface area contributed by atoms with Crippen LogP contribution < -0.4 is 10.6 Å². The van der Waals surface area contributed by atoms with Gasteiger partial charge in [-0.15, -0.1) is 11.8 Å². The van der Waals surface area contributed by atoms with Crippen LogP contribution in [0.15, 0.2) is 77.7 Å². The Bertz CT molecular complexity index is 1120. The number of amides is 2. The summed E-state index contributed by atoms with van der Waals surface area (Å²) in [5.74, 6) is -2.60. The topological polar surface area (TPSA) is 84.5 Å². The molecule has 3 rings (SSSR count). The van der Waals surface area contributed by atoms with Crippen LogP contribution in [0.5, 0.6) is 0 Å². The summed E-state index contributed by atoms with van der Waals surface area (Å²) >= 11 is 1.12. The van der Waals surface area contributed by atoms with Crippen LogP contribution in [-0.4, -0.2) is 30.1 Å². The number of thioether (sulfide) groups is 1. The van der Waals surface area contributed by atoms with E-state index in [0.717, 1.165) is 17.8 Å². The van der Waals surface area contributed by atoms with E-state index in [1.165, 1.54) is 48.5 Å². The van der Waals surface area contributed by atoms with Gasteiger partial charge in [0.2, 0.25) is 5.91 Å². The third kappa shape index (κ3) is 6.92. The summed E-state index contributed by atoms with van der Waals surface area (Å²) in [6, 6.07) is 17.2. The Morgan fingerprint density at radius 1 is 0.781 bits per heavy atom. The summed E-state index contributed by atoms with van der Waals surface area (Å²) in [6.45, 7) is -0.556. The van der Waals surface area contributed by atoms with Crippen LogP contribution >= 0.6 is 11.8 Å². The first-order chi connectivity index (χ1) is 15.4. The quantitative estimate of drug-likeness (QED) is 0.385. The Balaban J connectivity index is 1.53. The number of carbonyl (C=O) groups excluding carboxylic acids is 3. The molecule has 0 fully saturated rings. The van der Waals surface area contributed by atoms with Crippen molar-refractivity contribution in [1.29, 1.82) is 0 Å². The first-order valence-corrected chi connectivity index (χ1v) is 10.4.